The summed E-state index contributed by atoms with van der Waals surface area (Å²) in [6.45, 7) is 1.31. The van der Waals surface area contributed by atoms with E-state index in [-0.39, 0.29) is 18.8 Å². The van der Waals surface area contributed by atoms with Gasteiger partial charge in [-0.15, -0.1) is 0 Å². The highest BCUT2D eigenvalue weighted by molar-refractivity contribution is 5.94. The normalized spacial score (nSPS) is 18.8. The van der Waals surface area contributed by atoms with Gasteiger partial charge in [0, 0.05) is 36.7 Å². The summed E-state index contributed by atoms with van der Waals surface area (Å²) in [6, 6.07) is 5.12. The number of aromatic nitrogens is 2. The number of hydrogen-bond donors (Lipinski definition) is 1. The van der Waals surface area contributed by atoms with Crippen LogP contribution in [-0.4, -0.2) is 29.3 Å². The number of carbonyl (C=O) groups excluding carboxylic acids is 1. The van der Waals surface area contributed by atoms with Crippen LogP contribution in [-0.2, 0) is 11.3 Å². The molecule has 0 spiro atoms. The average molecular weight is 341 g/mol. The van der Waals surface area contributed by atoms with Crippen LogP contribution in [0.25, 0.3) is 0 Å². The maximum atomic E-state index is 12.3. The first-order valence-electron chi connectivity index (χ1n) is 8.40. The molecular formula is C18H19N3O4. The summed E-state index contributed by atoms with van der Waals surface area (Å²) in [6.07, 6.45) is 6.66. The van der Waals surface area contributed by atoms with E-state index in [4.69, 9.17) is 14.2 Å². The van der Waals surface area contributed by atoms with E-state index in [9.17, 15) is 4.79 Å². The lowest BCUT2D eigenvalue weighted by molar-refractivity contribution is 0.00940. The monoisotopic (exact) mass is 341 g/mol. The van der Waals surface area contributed by atoms with Gasteiger partial charge in [-0.1, -0.05) is 0 Å². The third kappa shape index (κ3) is 3.56. The molecule has 2 aliphatic rings. The number of carbonyl (C=O) groups is 1. The van der Waals surface area contributed by atoms with Crippen molar-refractivity contribution in [2.75, 3.05) is 13.4 Å². The Morgan fingerprint density at radius 1 is 1.16 bits per heavy atom. The first kappa shape index (κ1) is 15.8. The Labute approximate surface area is 145 Å². The fourth-order valence-electron chi connectivity index (χ4n) is 2.89. The summed E-state index contributed by atoms with van der Waals surface area (Å²) in [5.74, 6) is 1.78. The minimum atomic E-state index is -0.182. The van der Waals surface area contributed by atoms with E-state index < -0.39 is 0 Å². The molecule has 0 saturated carbocycles. The first-order chi connectivity index (χ1) is 12.3. The molecule has 0 aliphatic carbocycles. The SMILES string of the molecule is O=C(NCc1cnc([C@@H]2CCCCO2)nc1)c1ccc2c(c1)OCO2. The van der Waals surface area contributed by atoms with Crippen LogP contribution in [0.3, 0.4) is 0 Å². The molecule has 0 bridgehead atoms. The molecule has 1 atom stereocenters. The lowest BCUT2D eigenvalue weighted by Crippen LogP contribution is -2.23. The minimum Gasteiger partial charge on any atom is -0.454 e. The summed E-state index contributed by atoms with van der Waals surface area (Å²) in [5.41, 5.74) is 1.37. The zero-order valence-electron chi connectivity index (χ0n) is 13.7. The van der Waals surface area contributed by atoms with Crippen molar-refractivity contribution in [1.82, 2.24) is 15.3 Å². The van der Waals surface area contributed by atoms with Gasteiger partial charge in [-0.25, -0.2) is 9.97 Å². The molecule has 7 nitrogen and oxygen atoms in total. The second kappa shape index (κ2) is 7.06. The molecule has 1 amide bonds. The average Bonchev–Trinajstić information content (AvgIpc) is 3.15. The van der Waals surface area contributed by atoms with E-state index in [1.807, 2.05) is 0 Å². The van der Waals surface area contributed by atoms with Crippen molar-refractivity contribution >= 4 is 5.91 Å². The van der Waals surface area contributed by atoms with Gasteiger partial charge in [0.1, 0.15) is 6.10 Å². The van der Waals surface area contributed by atoms with Crippen molar-refractivity contribution in [3.63, 3.8) is 0 Å². The van der Waals surface area contributed by atoms with Gasteiger partial charge in [-0.3, -0.25) is 4.79 Å². The van der Waals surface area contributed by atoms with Crippen LogP contribution in [0.4, 0.5) is 0 Å². The van der Waals surface area contributed by atoms with Crippen molar-refractivity contribution in [3.8, 4) is 11.5 Å². The quantitative estimate of drug-likeness (QED) is 0.919. The summed E-state index contributed by atoms with van der Waals surface area (Å²) < 4.78 is 16.2. The van der Waals surface area contributed by atoms with Crippen molar-refractivity contribution in [2.45, 2.75) is 31.9 Å². The zero-order chi connectivity index (χ0) is 17.1. The molecule has 3 heterocycles. The van der Waals surface area contributed by atoms with Crippen molar-refractivity contribution in [1.29, 1.82) is 0 Å². The highest BCUT2D eigenvalue weighted by Gasteiger charge is 2.19. The molecule has 2 aliphatic heterocycles. The summed E-state index contributed by atoms with van der Waals surface area (Å²) in [7, 11) is 0. The zero-order valence-corrected chi connectivity index (χ0v) is 13.7. The van der Waals surface area contributed by atoms with Crippen LogP contribution >= 0.6 is 0 Å². The fourth-order valence-corrected chi connectivity index (χ4v) is 2.89. The maximum Gasteiger partial charge on any atom is 0.251 e. The molecule has 1 N–H and O–H groups in total. The van der Waals surface area contributed by atoms with Gasteiger partial charge >= 0.3 is 0 Å². The molecule has 1 aromatic carbocycles. The Morgan fingerprint density at radius 3 is 2.80 bits per heavy atom. The minimum absolute atomic E-state index is 0.00831. The molecule has 4 rings (SSSR count). The number of nitrogens with one attached hydrogen (secondary N) is 1. The lowest BCUT2D eigenvalue weighted by atomic mass is 10.1. The molecule has 1 fully saturated rings. The Hall–Kier alpha value is -2.67. The highest BCUT2D eigenvalue weighted by Crippen LogP contribution is 2.32. The number of nitrogens with zero attached hydrogens (tertiary/aromatic N) is 2. The van der Waals surface area contributed by atoms with Crippen LogP contribution in [0.2, 0.25) is 0 Å². The molecule has 25 heavy (non-hydrogen) atoms. The lowest BCUT2D eigenvalue weighted by Gasteiger charge is -2.21. The van der Waals surface area contributed by atoms with Crippen LogP contribution in [0, 0.1) is 0 Å². The summed E-state index contributed by atoms with van der Waals surface area (Å²) >= 11 is 0. The van der Waals surface area contributed by atoms with Gasteiger partial charge in [0.25, 0.3) is 5.91 Å². The van der Waals surface area contributed by atoms with Crippen LogP contribution in [0.15, 0.2) is 30.6 Å². The Morgan fingerprint density at radius 2 is 2.00 bits per heavy atom. The molecule has 130 valence electrons. The van der Waals surface area contributed by atoms with E-state index in [2.05, 4.69) is 15.3 Å². The Kier molecular flexibility index (Phi) is 4.47. The smallest absolute Gasteiger partial charge is 0.251 e. The van der Waals surface area contributed by atoms with Gasteiger partial charge in [-0.05, 0) is 37.5 Å². The van der Waals surface area contributed by atoms with Gasteiger partial charge in [0.15, 0.2) is 17.3 Å². The first-order valence-corrected chi connectivity index (χ1v) is 8.40. The molecule has 1 saturated heterocycles. The highest BCUT2D eigenvalue weighted by atomic mass is 16.7. The number of rotatable bonds is 4. The van der Waals surface area contributed by atoms with E-state index >= 15 is 0 Å². The number of benzene rings is 1. The van der Waals surface area contributed by atoms with E-state index in [1.165, 1.54) is 0 Å². The standard InChI is InChI=1S/C18H19N3O4/c22-18(13-4-5-14-16(7-13)25-11-24-14)21-10-12-8-19-17(20-9-12)15-3-1-2-6-23-15/h4-5,7-9,15H,1-3,6,10-11H2,(H,21,22)/t15-/m0/s1. The van der Waals surface area contributed by atoms with Gasteiger partial charge < -0.3 is 19.5 Å². The van der Waals surface area contributed by atoms with Gasteiger partial charge in [-0.2, -0.15) is 0 Å². The number of amides is 1. The number of fused-ring (bicyclic) bond motifs is 1. The Balaban J connectivity index is 1.35. The van der Waals surface area contributed by atoms with Crippen LogP contribution in [0.1, 0.15) is 47.1 Å². The summed E-state index contributed by atoms with van der Waals surface area (Å²) in [5, 5.41) is 2.86. The maximum absolute atomic E-state index is 12.3. The number of hydrogen-bond acceptors (Lipinski definition) is 6. The van der Waals surface area contributed by atoms with E-state index in [1.54, 1.807) is 30.6 Å². The molecule has 7 heteroatoms. The predicted molar refractivity (Wildman–Crippen MR) is 88.3 cm³/mol. The third-order valence-corrected chi connectivity index (χ3v) is 4.28. The topological polar surface area (TPSA) is 82.6 Å². The number of ether oxygens (including phenoxy) is 3. The third-order valence-electron chi connectivity index (χ3n) is 4.28. The molecule has 2 aromatic rings. The second-order valence-corrected chi connectivity index (χ2v) is 6.06. The molecule has 1 aromatic heterocycles. The van der Waals surface area contributed by atoms with Crippen LogP contribution in [0.5, 0.6) is 11.5 Å². The molecule has 0 unspecified atom stereocenters. The van der Waals surface area contributed by atoms with Gasteiger partial charge in [0.2, 0.25) is 6.79 Å². The van der Waals surface area contributed by atoms with Crippen molar-refractivity contribution in [2.24, 2.45) is 0 Å². The van der Waals surface area contributed by atoms with Crippen molar-refractivity contribution in [3.05, 3.63) is 47.5 Å². The summed E-state index contributed by atoms with van der Waals surface area (Å²) in [4.78, 5) is 21.0. The van der Waals surface area contributed by atoms with Crippen LogP contribution < -0.4 is 14.8 Å². The molecular weight excluding hydrogens is 322 g/mol. The largest absolute Gasteiger partial charge is 0.454 e. The second-order valence-electron chi connectivity index (χ2n) is 6.06. The molecule has 0 radical (unpaired) electrons. The van der Waals surface area contributed by atoms with E-state index in [0.29, 0.717) is 29.4 Å². The van der Waals surface area contributed by atoms with Crippen molar-refractivity contribution < 1.29 is 19.0 Å². The predicted octanol–water partition coefficient (Wildman–Crippen LogP) is 2.38. The Bertz CT molecular complexity index is 757. The fraction of sp³-hybridized carbons (Fsp3) is 0.389. The van der Waals surface area contributed by atoms with Gasteiger partial charge in [0.05, 0.1) is 0 Å². The van der Waals surface area contributed by atoms with E-state index in [0.717, 1.165) is 31.4 Å².